The monoisotopic (exact) mass is 461 g/mol. The lowest BCUT2D eigenvalue weighted by Crippen LogP contribution is -2.18. The molecule has 0 spiro atoms. The first-order valence-electron chi connectivity index (χ1n) is 9.95. The van der Waals surface area contributed by atoms with Gasteiger partial charge in [0.15, 0.2) is 0 Å². The van der Waals surface area contributed by atoms with Crippen LogP contribution in [-0.4, -0.2) is 16.8 Å². The van der Waals surface area contributed by atoms with Crippen LogP contribution in [0, 0.1) is 6.92 Å². The molecule has 5 nitrogen and oxygen atoms in total. The quantitative estimate of drug-likeness (QED) is 0.359. The Labute approximate surface area is 195 Å². The van der Waals surface area contributed by atoms with Gasteiger partial charge in [0.05, 0.1) is 28.5 Å². The van der Waals surface area contributed by atoms with E-state index in [9.17, 15) is 9.59 Å². The summed E-state index contributed by atoms with van der Waals surface area (Å²) in [7, 11) is 0. The Morgan fingerprint density at radius 1 is 0.906 bits per heavy atom. The van der Waals surface area contributed by atoms with E-state index in [1.165, 1.54) is 0 Å². The van der Waals surface area contributed by atoms with Crippen LogP contribution in [-0.2, 0) is 11.2 Å². The maximum atomic E-state index is 12.6. The summed E-state index contributed by atoms with van der Waals surface area (Å²) >= 11 is 7.49. The molecule has 1 aromatic heterocycles. The van der Waals surface area contributed by atoms with Crippen molar-refractivity contribution in [2.75, 3.05) is 10.6 Å². The zero-order valence-corrected chi connectivity index (χ0v) is 18.8. The molecular weight excluding hydrogens is 442 g/mol. The van der Waals surface area contributed by atoms with Crippen molar-refractivity contribution in [1.82, 2.24) is 4.98 Å². The summed E-state index contributed by atoms with van der Waals surface area (Å²) in [6.07, 6.45) is 0.218. The number of hydrogen-bond acceptors (Lipinski definition) is 4. The zero-order valence-electron chi connectivity index (χ0n) is 17.3. The van der Waals surface area contributed by atoms with E-state index >= 15 is 0 Å². The number of aromatic nitrogens is 1. The second-order valence-electron chi connectivity index (χ2n) is 7.18. The summed E-state index contributed by atoms with van der Waals surface area (Å²) in [5.74, 6) is -0.452. The molecule has 0 saturated carbocycles. The zero-order chi connectivity index (χ0) is 22.5. The highest BCUT2D eigenvalue weighted by molar-refractivity contribution is 7.09. The molecule has 0 bridgehead atoms. The number of hydrogen-bond donors (Lipinski definition) is 2. The molecule has 4 rings (SSSR count). The summed E-state index contributed by atoms with van der Waals surface area (Å²) in [6, 6.07) is 21.5. The van der Waals surface area contributed by atoms with Crippen molar-refractivity contribution >= 4 is 46.1 Å². The largest absolute Gasteiger partial charge is 0.324 e. The van der Waals surface area contributed by atoms with E-state index < -0.39 is 0 Å². The second-order valence-corrected chi connectivity index (χ2v) is 8.68. The molecule has 0 saturated heterocycles. The van der Waals surface area contributed by atoms with E-state index in [0.717, 1.165) is 21.8 Å². The second kappa shape index (κ2) is 9.77. The number of anilines is 2. The number of benzene rings is 3. The number of carbonyl (C=O) groups is 2. The van der Waals surface area contributed by atoms with E-state index in [1.807, 2.05) is 36.6 Å². The van der Waals surface area contributed by atoms with Gasteiger partial charge in [-0.1, -0.05) is 48.0 Å². The van der Waals surface area contributed by atoms with E-state index in [2.05, 4.69) is 15.6 Å². The molecule has 0 atom stereocenters. The summed E-state index contributed by atoms with van der Waals surface area (Å²) < 4.78 is 0. The molecule has 0 aliphatic rings. The fourth-order valence-electron chi connectivity index (χ4n) is 3.17. The van der Waals surface area contributed by atoms with Crippen LogP contribution in [0.25, 0.3) is 11.3 Å². The Bertz CT molecular complexity index is 1250. The van der Waals surface area contributed by atoms with Crippen LogP contribution in [0.4, 0.5) is 11.4 Å². The Kier molecular flexibility index (Phi) is 6.63. The number of nitrogens with zero attached hydrogens (tertiary/aromatic N) is 1. The first kappa shape index (κ1) is 21.7. The first-order chi connectivity index (χ1) is 15.5. The summed E-state index contributed by atoms with van der Waals surface area (Å²) in [5, 5.41) is 9.33. The highest BCUT2D eigenvalue weighted by Crippen LogP contribution is 2.24. The maximum absolute atomic E-state index is 12.6. The van der Waals surface area contributed by atoms with Gasteiger partial charge in [-0.25, -0.2) is 4.98 Å². The minimum absolute atomic E-state index is 0.171. The van der Waals surface area contributed by atoms with Crippen LogP contribution in [0.5, 0.6) is 0 Å². The normalized spacial score (nSPS) is 10.6. The average molecular weight is 462 g/mol. The van der Waals surface area contributed by atoms with Crippen LogP contribution in [0.2, 0.25) is 5.02 Å². The summed E-state index contributed by atoms with van der Waals surface area (Å²) in [4.78, 5) is 29.7. The van der Waals surface area contributed by atoms with Gasteiger partial charge >= 0.3 is 0 Å². The molecule has 2 N–H and O–H groups in total. The number of nitrogens with one attached hydrogen (secondary N) is 2. The Morgan fingerprint density at radius 2 is 1.56 bits per heavy atom. The topological polar surface area (TPSA) is 71.1 Å². The summed E-state index contributed by atoms with van der Waals surface area (Å²) in [5.41, 5.74) is 4.39. The van der Waals surface area contributed by atoms with Crippen LogP contribution >= 0.6 is 22.9 Å². The van der Waals surface area contributed by atoms with Crippen molar-refractivity contribution in [3.05, 3.63) is 99.3 Å². The molecule has 1 heterocycles. The molecule has 0 aliphatic carbocycles. The van der Waals surface area contributed by atoms with Crippen LogP contribution < -0.4 is 10.6 Å². The number of amides is 2. The summed E-state index contributed by atoms with van der Waals surface area (Å²) in [6.45, 7) is 1.97. The third-order valence-corrected chi connectivity index (χ3v) is 5.81. The van der Waals surface area contributed by atoms with Crippen LogP contribution in [0.3, 0.4) is 0 Å². The number of aryl methyl sites for hydroxylation is 1. The third kappa shape index (κ3) is 5.41. The van der Waals surface area contributed by atoms with Gasteiger partial charge in [0, 0.05) is 21.5 Å². The number of thiazole rings is 1. The molecule has 0 fully saturated rings. The van der Waals surface area contributed by atoms with Crippen LogP contribution in [0.1, 0.15) is 20.9 Å². The molecule has 7 heteroatoms. The lowest BCUT2D eigenvalue weighted by Gasteiger charge is -2.12. The number of rotatable bonds is 6. The minimum atomic E-state index is -0.281. The van der Waals surface area contributed by atoms with Gasteiger partial charge in [-0.3, -0.25) is 9.59 Å². The predicted molar refractivity (Wildman–Crippen MR) is 130 cm³/mol. The predicted octanol–water partition coefficient (Wildman–Crippen LogP) is 6.21. The highest BCUT2D eigenvalue weighted by Gasteiger charge is 2.12. The van der Waals surface area contributed by atoms with E-state index in [0.29, 0.717) is 22.0 Å². The minimum Gasteiger partial charge on any atom is -0.324 e. The highest BCUT2D eigenvalue weighted by atomic mass is 35.5. The molecule has 3 aromatic carbocycles. The molecule has 0 aliphatic heterocycles. The van der Waals surface area contributed by atoms with Crippen molar-refractivity contribution in [3.8, 4) is 11.3 Å². The maximum Gasteiger partial charge on any atom is 0.255 e. The van der Waals surface area contributed by atoms with Crippen LogP contribution in [0.15, 0.2) is 78.2 Å². The van der Waals surface area contributed by atoms with Crippen molar-refractivity contribution in [3.63, 3.8) is 0 Å². The van der Waals surface area contributed by atoms with E-state index in [4.69, 9.17) is 11.6 Å². The number of halogens is 1. The van der Waals surface area contributed by atoms with Crippen molar-refractivity contribution in [2.24, 2.45) is 0 Å². The number of carbonyl (C=O) groups excluding carboxylic acids is 2. The fraction of sp³-hybridized carbons (Fsp3) is 0.0800. The lowest BCUT2D eigenvalue weighted by molar-refractivity contribution is -0.115. The van der Waals surface area contributed by atoms with E-state index in [-0.39, 0.29) is 18.2 Å². The van der Waals surface area contributed by atoms with Gasteiger partial charge in [-0.15, -0.1) is 11.3 Å². The van der Waals surface area contributed by atoms with E-state index in [1.54, 1.807) is 59.9 Å². The average Bonchev–Trinajstić information content (AvgIpc) is 3.22. The van der Waals surface area contributed by atoms with Gasteiger partial charge in [0.1, 0.15) is 0 Å². The molecular formula is C25H20ClN3O2S. The smallest absolute Gasteiger partial charge is 0.255 e. The molecule has 0 unspecified atom stereocenters. The van der Waals surface area contributed by atoms with Crippen molar-refractivity contribution in [1.29, 1.82) is 0 Å². The SMILES string of the molecule is Cc1nc(-c2ccc(CC(=O)Nc3ccccc3NC(=O)c3ccc(Cl)cc3)cc2)cs1. The third-order valence-electron chi connectivity index (χ3n) is 4.79. The van der Waals surface area contributed by atoms with Gasteiger partial charge < -0.3 is 10.6 Å². The first-order valence-corrected chi connectivity index (χ1v) is 11.2. The Morgan fingerprint density at radius 3 is 2.19 bits per heavy atom. The van der Waals surface area contributed by atoms with Gasteiger partial charge in [-0.2, -0.15) is 0 Å². The molecule has 2 amide bonds. The molecule has 0 radical (unpaired) electrons. The fourth-order valence-corrected chi connectivity index (χ4v) is 3.91. The Balaban J connectivity index is 1.41. The van der Waals surface area contributed by atoms with Gasteiger partial charge in [-0.05, 0) is 48.9 Å². The lowest BCUT2D eigenvalue weighted by atomic mass is 10.1. The molecule has 4 aromatic rings. The number of para-hydroxylation sites is 2. The van der Waals surface area contributed by atoms with Gasteiger partial charge in [0.25, 0.3) is 5.91 Å². The van der Waals surface area contributed by atoms with Crippen molar-refractivity contribution < 1.29 is 9.59 Å². The van der Waals surface area contributed by atoms with Gasteiger partial charge in [0.2, 0.25) is 5.91 Å². The Hall–Kier alpha value is -3.48. The molecule has 160 valence electrons. The standard InChI is InChI=1S/C25H20ClN3O2S/c1-16-27-23(15-32-16)18-8-6-17(7-9-18)14-24(30)28-21-4-2-3-5-22(21)29-25(31)19-10-12-20(26)13-11-19/h2-13,15H,14H2,1H3,(H,28,30)(H,29,31). The van der Waals surface area contributed by atoms with Crippen molar-refractivity contribution in [2.45, 2.75) is 13.3 Å². The molecule has 32 heavy (non-hydrogen) atoms.